The van der Waals surface area contributed by atoms with E-state index >= 15 is 0 Å². The van der Waals surface area contributed by atoms with E-state index in [0.29, 0.717) is 28.5 Å². The molecule has 1 N–H and O–H groups in total. The van der Waals surface area contributed by atoms with Crippen LogP contribution in [0.15, 0.2) is 65.8 Å². The van der Waals surface area contributed by atoms with Crippen molar-refractivity contribution in [3.8, 4) is 17.2 Å². The summed E-state index contributed by atoms with van der Waals surface area (Å²) >= 11 is 0. The van der Waals surface area contributed by atoms with Crippen LogP contribution in [0.1, 0.15) is 52.4 Å². The van der Waals surface area contributed by atoms with Gasteiger partial charge < -0.3 is 14.2 Å². The highest BCUT2D eigenvalue weighted by molar-refractivity contribution is 5.91. The first-order valence-corrected chi connectivity index (χ1v) is 11.3. The minimum absolute atomic E-state index is 0.156. The molecule has 3 aromatic carbocycles. The Balaban J connectivity index is 1.57. The topological polar surface area (TPSA) is 86.2 Å². The highest BCUT2D eigenvalue weighted by Gasteiger charge is 2.13. The zero-order chi connectivity index (χ0) is 25.4. The maximum absolute atomic E-state index is 12.4. The van der Waals surface area contributed by atoms with Crippen LogP contribution in [0.4, 0.5) is 0 Å². The van der Waals surface area contributed by atoms with Crippen molar-refractivity contribution >= 4 is 18.1 Å². The molecule has 0 fully saturated rings. The molecule has 3 aromatic rings. The number of methoxy groups -OCH3 is 1. The first-order chi connectivity index (χ1) is 16.8. The second-order valence-electron chi connectivity index (χ2n) is 8.43. The lowest BCUT2D eigenvalue weighted by Gasteiger charge is -2.12. The van der Waals surface area contributed by atoms with Crippen LogP contribution in [-0.4, -0.2) is 31.8 Å². The molecule has 0 radical (unpaired) electrons. The minimum atomic E-state index is -0.480. The van der Waals surface area contributed by atoms with Crippen molar-refractivity contribution in [2.24, 2.45) is 5.10 Å². The molecule has 7 heteroatoms. The zero-order valence-electron chi connectivity index (χ0n) is 20.6. The number of hydrogen-bond donors (Lipinski definition) is 1. The molecule has 35 heavy (non-hydrogen) atoms. The number of carbonyl (C=O) groups excluding carboxylic acids is 2. The van der Waals surface area contributed by atoms with Crippen molar-refractivity contribution in [2.75, 3.05) is 13.7 Å². The molecule has 182 valence electrons. The third-order valence-electron chi connectivity index (χ3n) is 5.32. The Labute approximate surface area is 205 Å². The minimum Gasteiger partial charge on any atom is -0.493 e. The molecule has 0 saturated carbocycles. The largest absolute Gasteiger partial charge is 0.493 e. The van der Waals surface area contributed by atoms with Crippen molar-refractivity contribution in [3.05, 3.63) is 88.5 Å². The average Bonchev–Trinajstić information content (AvgIpc) is 2.84. The Morgan fingerprint density at radius 2 is 1.69 bits per heavy atom. The Hall–Kier alpha value is -4.13. The van der Waals surface area contributed by atoms with Gasteiger partial charge in [-0.3, -0.25) is 4.79 Å². The average molecular weight is 475 g/mol. The number of nitrogens with one attached hydrogen (secondary N) is 1. The second-order valence-corrected chi connectivity index (χ2v) is 8.43. The van der Waals surface area contributed by atoms with Gasteiger partial charge in [0.05, 0.1) is 18.9 Å². The van der Waals surface area contributed by atoms with Gasteiger partial charge in [0, 0.05) is 0 Å². The molecule has 1 amide bonds. The SMILES string of the molecule is COc1cc(/C=N\NC(=O)COc2cc(C(C)C)ccc2C)ccc1OC(=O)c1ccc(C)cc1. The van der Waals surface area contributed by atoms with Gasteiger partial charge in [-0.2, -0.15) is 5.10 Å². The van der Waals surface area contributed by atoms with Gasteiger partial charge in [-0.25, -0.2) is 10.2 Å². The van der Waals surface area contributed by atoms with Crippen LogP contribution in [0.25, 0.3) is 0 Å². The van der Waals surface area contributed by atoms with E-state index in [0.717, 1.165) is 16.7 Å². The summed E-state index contributed by atoms with van der Waals surface area (Å²) in [6.07, 6.45) is 1.47. The van der Waals surface area contributed by atoms with Crippen LogP contribution in [0.2, 0.25) is 0 Å². The summed E-state index contributed by atoms with van der Waals surface area (Å²) in [5.41, 5.74) is 6.70. The Bertz CT molecular complexity index is 1220. The van der Waals surface area contributed by atoms with Gasteiger partial charge in [0.2, 0.25) is 0 Å². The van der Waals surface area contributed by atoms with Gasteiger partial charge in [0.1, 0.15) is 5.75 Å². The Kier molecular flexibility index (Phi) is 8.62. The van der Waals surface area contributed by atoms with Crippen molar-refractivity contribution < 1.29 is 23.8 Å². The predicted octanol–water partition coefficient (Wildman–Crippen LogP) is 5.18. The number of hydrogen-bond acceptors (Lipinski definition) is 6. The molecule has 0 aromatic heterocycles. The maximum Gasteiger partial charge on any atom is 0.343 e. The third kappa shape index (κ3) is 7.17. The number of carbonyl (C=O) groups is 2. The Morgan fingerprint density at radius 3 is 2.37 bits per heavy atom. The van der Waals surface area contributed by atoms with Gasteiger partial charge in [0.25, 0.3) is 5.91 Å². The number of nitrogens with zero attached hydrogens (tertiary/aromatic N) is 1. The molecule has 0 saturated heterocycles. The summed E-state index contributed by atoms with van der Waals surface area (Å²) in [5.74, 6) is 0.829. The normalized spacial score (nSPS) is 10.9. The molecule has 0 spiro atoms. The van der Waals surface area contributed by atoms with Crippen LogP contribution in [-0.2, 0) is 4.79 Å². The van der Waals surface area contributed by atoms with E-state index in [-0.39, 0.29) is 18.3 Å². The number of amides is 1. The molecule has 3 rings (SSSR count). The number of hydrazone groups is 1. The van der Waals surface area contributed by atoms with E-state index in [4.69, 9.17) is 14.2 Å². The molecule has 0 heterocycles. The van der Waals surface area contributed by atoms with E-state index in [1.54, 1.807) is 30.3 Å². The fourth-order valence-electron chi connectivity index (χ4n) is 3.18. The first kappa shape index (κ1) is 25.5. The standard InChI is InChI=1S/C28H30N2O5/c1-18(2)23-12-8-20(4)25(15-23)34-17-27(31)30-29-16-21-9-13-24(26(14-21)33-5)35-28(32)22-10-6-19(3)7-11-22/h6-16,18H,17H2,1-5H3,(H,30,31)/b29-16-. The number of aryl methyl sites for hydroxylation is 2. The highest BCUT2D eigenvalue weighted by Crippen LogP contribution is 2.28. The van der Waals surface area contributed by atoms with Crippen molar-refractivity contribution in [1.29, 1.82) is 0 Å². The maximum atomic E-state index is 12.4. The monoisotopic (exact) mass is 474 g/mol. The number of ether oxygens (including phenoxy) is 3. The molecular weight excluding hydrogens is 444 g/mol. The molecule has 0 bridgehead atoms. The first-order valence-electron chi connectivity index (χ1n) is 11.3. The summed E-state index contributed by atoms with van der Waals surface area (Å²) in [5, 5.41) is 3.98. The van der Waals surface area contributed by atoms with Crippen LogP contribution in [0.5, 0.6) is 17.2 Å². The van der Waals surface area contributed by atoms with Gasteiger partial charge in [-0.15, -0.1) is 0 Å². The number of rotatable bonds is 9. The fraction of sp³-hybridized carbons (Fsp3) is 0.250. The predicted molar refractivity (Wildman–Crippen MR) is 136 cm³/mol. The van der Waals surface area contributed by atoms with Crippen molar-refractivity contribution in [1.82, 2.24) is 5.43 Å². The van der Waals surface area contributed by atoms with Gasteiger partial charge in [0.15, 0.2) is 18.1 Å². The summed E-state index contributed by atoms with van der Waals surface area (Å²) < 4.78 is 16.5. The van der Waals surface area contributed by atoms with E-state index in [9.17, 15) is 9.59 Å². The smallest absolute Gasteiger partial charge is 0.343 e. The van der Waals surface area contributed by atoms with Crippen molar-refractivity contribution in [3.63, 3.8) is 0 Å². The third-order valence-corrected chi connectivity index (χ3v) is 5.32. The molecule has 0 aliphatic heterocycles. The lowest BCUT2D eigenvalue weighted by atomic mass is 10.0. The molecular formula is C28H30N2O5. The lowest BCUT2D eigenvalue weighted by molar-refractivity contribution is -0.123. The van der Waals surface area contributed by atoms with E-state index in [1.807, 2.05) is 38.1 Å². The summed E-state index contributed by atoms with van der Waals surface area (Å²) in [6.45, 7) is 7.93. The fourth-order valence-corrected chi connectivity index (χ4v) is 3.18. The van der Waals surface area contributed by atoms with E-state index in [2.05, 4.69) is 30.4 Å². The molecule has 7 nitrogen and oxygen atoms in total. The molecule has 0 aliphatic rings. The van der Waals surface area contributed by atoms with E-state index in [1.165, 1.54) is 13.3 Å². The summed E-state index contributed by atoms with van der Waals surface area (Å²) in [7, 11) is 1.48. The zero-order valence-corrected chi connectivity index (χ0v) is 20.6. The van der Waals surface area contributed by atoms with Gasteiger partial charge in [-0.1, -0.05) is 43.7 Å². The van der Waals surface area contributed by atoms with Crippen LogP contribution in [0, 0.1) is 13.8 Å². The Morgan fingerprint density at radius 1 is 0.943 bits per heavy atom. The molecule has 0 unspecified atom stereocenters. The quantitative estimate of drug-likeness (QED) is 0.200. The highest BCUT2D eigenvalue weighted by atomic mass is 16.6. The lowest BCUT2D eigenvalue weighted by Crippen LogP contribution is -2.24. The summed E-state index contributed by atoms with van der Waals surface area (Å²) in [6, 6.07) is 18.1. The number of esters is 1. The van der Waals surface area contributed by atoms with Gasteiger partial charge >= 0.3 is 5.97 Å². The van der Waals surface area contributed by atoms with E-state index < -0.39 is 5.97 Å². The molecule has 0 aliphatic carbocycles. The van der Waals surface area contributed by atoms with Crippen LogP contribution in [0.3, 0.4) is 0 Å². The van der Waals surface area contributed by atoms with Crippen molar-refractivity contribution in [2.45, 2.75) is 33.6 Å². The van der Waals surface area contributed by atoms with Crippen LogP contribution < -0.4 is 19.6 Å². The molecule has 0 atom stereocenters. The summed E-state index contributed by atoms with van der Waals surface area (Å²) in [4.78, 5) is 24.6. The van der Waals surface area contributed by atoms with Crippen LogP contribution >= 0.6 is 0 Å². The second kappa shape index (κ2) is 11.8. The van der Waals surface area contributed by atoms with Gasteiger partial charge in [-0.05, 0) is 72.9 Å². The number of benzene rings is 3.